The molecule has 0 atom stereocenters. The normalized spacial score (nSPS) is 19.1. The number of hydrogen-bond acceptors (Lipinski definition) is 3. The topological polar surface area (TPSA) is 38.5 Å². The van der Waals surface area contributed by atoms with Crippen molar-refractivity contribution in [2.75, 3.05) is 32.8 Å². The Bertz CT molecular complexity index is 279. The molecule has 126 valence electrons. The lowest BCUT2D eigenvalue weighted by molar-refractivity contribution is -0.174. The summed E-state index contributed by atoms with van der Waals surface area (Å²) in [7, 11) is 0. The van der Waals surface area contributed by atoms with Gasteiger partial charge in [-0.2, -0.15) is 13.2 Å². The van der Waals surface area contributed by atoms with Crippen molar-refractivity contribution in [1.29, 1.82) is 0 Å². The quantitative estimate of drug-likeness (QED) is 0.664. The smallest absolute Gasteiger partial charge is 0.372 e. The molecule has 1 aliphatic rings. The van der Waals surface area contributed by atoms with Crippen LogP contribution in [0, 0.1) is 0 Å². The first-order valence-corrected chi connectivity index (χ1v) is 8.03. The average molecular weight is 310 g/mol. The highest BCUT2D eigenvalue weighted by molar-refractivity contribution is 4.94. The number of rotatable bonds is 9. The lowest BCUT2D eigenvalue weighted by atomic mass is 9.80. The molecule has 0 aromatic rings. The molecule has 1 aliphatic carbocycles. The second kappa shape index (κ2) is 8.96. The molecule has 0 heterocycles. The van der Waals surface area contributed by atoms with Gasteiger partial charge in [-0.15, -0.1) is 0 Å². The van der Waals surface area contributed by atoms with Crippen LogP contribution in [0.5, 0.6) is 0 Å². The van der Waals surface area contributed by atoms with Crippen LogP contribution in [-0.4, -0.2) is 49.5 Å². The van der Waals surface area contributed by atoms with Crippen molar-refractivity contribution in [3.8, 4) is 0 Å². The lowest BCUT2D eigenvalue weighted by Gasteiger charge is -2.46. The second-order valence-corrected chi connectivity index (χ2v) is 6.00. The van der Waals surface area contributed by atoms with Crippen molar-refractivity contribution in [3.05, 3.63) is 0 Å². The van der Waals surface area contributed by atoms with Gasteiger partial charge >= 0.3 is 6.18 Å². The van der Waals surface area contributed by atoms with E-state index in [1.165, 1.54) is 19.3 Å². The first-order chi connectivity index (χ1) is 9.93. The molecule has 3 nitrogen and oxygen atoms in total. The summed E-state index contributed by atoms with van der Waals surface area (Å²) in [5.41, 5.74) is 6.09. The van der Waals surface area contributed by atoms with Gasteiger partial charge in [0.15, 0.2) is 0 Å². The van der Waals surface area contributed by atoms with E-state index in [0.29, 0.717) is 13.0 Å². The van der Waals surface area contributed by atoms with Crippen LogP contribution in [0.25, 0.3) is 0 Å². The van der Waals surface area contributed by atoms with Gasteiger partial charge in [0.2, 0.25) is 0 Å². The standard InChI is InChI=1S/C15H29F3N2O/c1-2-9-20(10-6-11-21-13-15(16,17)18)14(12-19)7-4-3-5-8-14/h2-13,19H2,1H3. The molecule has 0 aromatic heterocycles. The van der Waals surface area contributed by atoms with Crippen molar-refractivity contribution >= 4 is 0 Å². The molecular formula is C15H29F3N2O. The minimum atomic E-state index is -4.23. The van der Waals surface area contributed by atoms with Crippen molar-refractivity contribution < 1.29 is 17.9 Å². The van der Waals surface area contributed by atoms with E-state index in [1.54, 1.807) is 0 Å². The van der Waals surface area contributed by atoms with Crippen LogP contribution in [0.4, 0.5) is 13.2 Å². The predicted octanol–water partition coefficient (Wildman–Crippen LogP) is 3.33. The molecule has 0 unspecified atom stereocenters. The Morgan fingerprint density at radius 2 is 1.81 bits per heavy atom. The van der Waals surface area contributed by atoms with Gasteiger partial charge in [-0.05, 0) is 32.2 Å². The zero-order valence-electron chi connectivity index (χ0n) is 13.1. The predicted molar refractivity (Wildman–Crippen MR) is 78.2 cm³/mol. The first kappa shape index (κ1) is 18.7. The zero-order valence-corrected chi connectivity index (χ0v) is 13.1. The van der Waals surface area contributed by atoms with Gasteiger partial charge in [-0.3, -0.25) is 4.90 Å². The molecule has 0 aliphatic heterocycles. The van der Waals surface area contributed by atoms with E-state index in [0.717, 1.165) is 32.4 Å². The highest BCUT2D eigenvalue weighted by atomic mass is 19.4. The van der Waals surface area contributed by atoms with Gasteiger partial charge in [0.1, 0.15) is 6.61 Å². The van der Waals surface area contributed by atoms with Gasteiger partial charge in [-0.25, -0.2) is 0 Å². The van der Waals surface area contributed by atoms with Gasteiger partial charge < -0.3 is 10.5 Å². The molecule has 1 fully saturated rings. The van der Waals surface area contributed by atoms with E-state index in [2.05, 4.69) is 11.8 Å². The summed E-state index contributed by atoms with van der Waals surface area (Å²) < 4.78 is 40.7. The summed E-state index contributed by atoms with van der Waals surface area (Å²) in [5, 5.41) is 0. The maximum atomic E-state index is 12.0. The van der Waals surface area contributed by atoms with Gasteiger partial charge in [0, 0.05) is 25.2 Å². The van der Waals surface area contributed by atoms with E-state index >= 15 is 0 Å². The van der Waals surface area contributed by atoms with Crippen LogP contribution in [0.3, 0.4) is 0 Å². The van der Waals surface area contributed by atoms with E-state index < -0.39 is 12.8 Å². The fourth-order valence-electron chi connectivity index (χ4n) is 3.26. The summed E-state index contributed by atoms with van der Waals surface area (Å²) in [6.45, 7) is 3.49. The van der Waals surface area contributed by atoms with Crippen LogP contribution in [0.1, 0.15) is 51.9 Å². The Hall–Kier alpha value is -0.330. The zero-order chi connectivity index (χ0) is 15.8. The Kier molecular flexibility index (Phi) is 7.98. The molecule has 2 N–H and O–H groups in total. The number of halogens is 3. The monoisotopic (exact) mass is 310 g/mol. The third-order valence-electron chi connectivity index (χ3n) is 4.31. The van der Waals surface area contributed by atoms with E-state index in [1.807, 2.05) is 0 Å². The SMILES string of the molecule is CCCN(CCCOCC(F)(F)F)C1(CN)CCCCC1. The molecule has 21 heavy (non-hydrogen) atoms. The largest absolute Gasteiger partial charge is 0.411 e. The highest BCUT2D eigenvalue weighted by Gasteiger charge is 2.36. The summed E-state index contributed by atoms with van der Waals surface area (Å²) >= 11 is 0. The Balaban J connectivity index is 2.41. The molecule has 0 spiro atoms. The number of hydrogen-bond donors (Lipinski definition) is 1. The summed E-state index contributed by atoms with van der Waals surface area (Å²) in [4.78, 5) is 2.39. The first-order valence-electron chi connectivity index (χ1n) is 8.03. The molecule has 6 heteroatoms. The van der Waals surface area contributed by atoms with Crippen molar-refractivity contribution in [2.45, 2.75) is 63.6 Å². The van der Waals surface area contributed by atoms with E-state index in [4.69, 9.17) is 10.5 Å². The Labute approximate surface area is 126 Å². The minimum Gasteiger partial charge on any atom is -0.372 e. The molecule has 0 bridgehead atoms. The Morgan fingerprint density at radius 1 is 1.14 bits per heavy atom. The van der Waals surface area contributed by atoms with Crippen LogP contribution in [-0.2, 0) is 4.74 Å². The Morgan fingerprint density at radius 3 is 2.33 bits per heavy atom. The lowest BCUT2D eigenvalue weighted by Crippen LogP contribution is -2.55. The number of ether oxygens (including phenoxy) is 1. The third kappa shape index (κ3) is 6.53. The van der Waals surface area contributed by atoms with Crippen molar-refractivity contribution in [3.63, 3.8) is 0 Å². The number of nitrogens with two attached hydrogens (primary N) is 1. The van der Waals surface area contributed by atoms with Crippen LogP contribution in [0.15, 0.2) is 0 Å². The molecule has 1 rings (SSSR count). The molecule has 0 saturated heterocycles. The molecule has 0 radical (unpaired) electrons. The summed E-state index contributed by atoms with van der Waals surface area (Å²) in [5.74, 6) is 0. The van der Waals surface area contributed by atoms with Crippen molar-refractivity contribution in [2.24, 2.45) is 5.73 Å². The number of nitrogens with zero attached hydrogens (tertiary/aromatic N) is 1. The summed E-state index contributed by atoms with van der Waals surface area (Å²) in [6, 6.07) is 0. The van der Waals surface area contributed by atoms with Crippen molar-refractivity contribution in [1.82, 2.24) is 4.90 Å². The maximum absolute atomic E-state index is 12.0. The molecule has 0 amide bonds. The van der Waals surface area contributed by atoms with Gasteiger partial charge in [0.05, 0.1) is 0 Å². The van der Waals surface area contributed by atoms with E-state index in [9.17, 15) is 13.2 Å². The molecule has 1 saturated carbocycles. The highest BCUT2D eigenvalue weighted by Crippen LogP contribution is 2.33. The fourth-order valence-corrected chi connectivity index (χ4v) is 3.26. The fraction of sp³-hybridized carbons (Fsp3) is 1.00. The number of alkyl halides is 3. The molecule has 0 aromatic carbocycles. The van der Waals surface area contributed by atoms with E-state index in [-0.39, 0.29) is 12.1 Å². The van der Waals surface area contributed by atoms with Gasteiger partial charge in [0.25, 0.3) is 0 Å². The maximum Gasteiger partial charge on any atom is 0.411 e. The van der Waals surface area contributed by atoms with Gasteiger partial charge in [-0.1, -0.05) is 26.2 Å². The van der Waals surface area contributed by atoms with Crippen LogP contribution in [0.2, 0.25) is 0 Å². The average Bonchev–Trinajstić information content (AvgIpc) is 2.45. The second-order valence-electron chi connectivity index (χ2n) is 6.00. The van der Waals surface area contributed by atoms with Crippen LogP contribution >= 0.6 is 0 Å². The van der Waals surface area contributed by atoms with Crippen LogP contribution < -0.4 is 5.73 Å². The molecular weight excluding hydrogens is 281 g/mol. The minimum absolute atomic E-state index is 0.0539. The summed E-state index contributed by atoms with van der Waals surface area (Å²) in [6.07, 6.45) is 3.29. The third-order valence-corrected chi connectivity index (χ3v) is 4.31.